The second-order valence-corrected chi connectivity index (χ2v) is 5.81. The van der Waals surface area contributed by atoms with Crippen LogP contribution in [-0.2, 0) is 0 Å². The van der Waals surface area contributed by atoms with E-state index in [1.807, 2.05) is 30.3 Å². The molecule has 2 aromatic carbocycles. The normalized spacial score (nSPS) is 11.8. The van der Waals surface area contributed by atoms with Gasteiger partial charge in [-0.25, -0.2) is 4.79 Å². The molecule has 21 heavy (non-hydrogen) atoms. The van der Waals surface area contributed by atoms with Crippen molar-refractivity contribution in [1.29, 1.82) is 0 Å². The minimum absolute atomic E-state index is 0.144. The van der Waals surface area contributed by atoms with Gasteiger partial charge >= 0.3 is 6.03 Å². The largest absolute Gasteiger partial charge is 0.378 e. The van der Waals surface area contributed by atoms with E-state index in [0.717, 1.165) is 15.7 Å². The first-order valence-electron chi connectivity index (χ1n) is 6.65. The zero-order chi connectivity index (χ0) is 15.4. The minimum Gasteiger partial charge on any atom is -0.378 e. The lowest BCUT2D eigenvalue weighted by Crippen LogP contribution is -2.19. The van der Waals surface area contributed by atoms with E-state index >= 15 is 0 Å². The number of nitrogens with two attached hydrogens (primary N) is 1. The average molecular weight is 348 g/mol. The smallest absolute Gasteiger partial charge is 0.316 e. The molecule has 0 aliphatic rings. The summed E-state index contributed by atoms with van der Waals surface area (Å²) in [5, 5.41) is 6.02. The Morgan fingerprint density at radius 2 is 1.86 bits per heavy atom. The van der Waals surface area contributed by atoms with E-state index in [9.17, 15) is 4.79 Å². The van der Waals surface area contributed by atoms with Crippen molar-refractivity contribution in [3.8, 4) is 0 Å². The highest BCUT2D eigenvalue weighted by molar-refractivity contribution is 9.10. The number of amides is 2. The number of hydrogen-bond donors (Lipinski definition) is 3. The fourth-order valence-corrected chi connectivity index (χ4v) is 2.42. The zero-order valence-corrected chi connectivity index (χ0v) is 13.6. The number of carbonyl (C=O) groups is 1. The van der Waals surface area contributed by atoms with Crippen molar-refractivity contribution in [3.05, 3.63) is 58.1 Å². The molecule has 0 spiro atoms. The Bertz CT molecular complexity index is 640. The van der Waals surface area contributed by atoms with Gasteiger partial charge in [0.05, 0.1) is 0 Å². The number of hydrogen-bond acceptors (Lipinski definition) is 2. The lowest BCUT2D eigenvalue weighted by Gasteiger charge is -2.18. The molecule has 5 heteroatoms. The molecule has 1 atom stereocenters. The standard InChI is InChI=1S/C16H18BrN3O/c1-10-3-8-14(17)15(9-10)19-11(2)12-4-6-13(7-5-12)20-16(18)21/h3-9,11,19H,1-2H3,(H3,18,20,21). The number of anilines is 2. The summed E-state index contributed by atoms with van der Waals surface area (Å²) in [5.41, 5.74) is 9.16. The van der Waals surface area contributed by atoms with Crippen LogP contribution in [-0.4, -0.2) is 6.03 Å². The predicted octanol–water partition coefficient (Wildman–Crippen LogP) is 4.42. The molecule has 0 heterocycles. The molecule has 110 valence electrons. The highest BCUT2D eigenvalue weighted by Crippen LogP contribution is 2.28. The summed E-state index contributed by atoms with van der Waals surface area (Å²) >= 11 is 3.55. The van der Waals surface area contributed by atoms with Gasteiger partial charge in [0.2, 0.25) is 0 Å². The summed E-state index contributed by atoms with van der Waals surface area (Å²) in [4.78, 5) is 10.8. The average Bonchev–Trinajstić information content (AvgIpc) is 2.43. The molecular formula is C16H18BrN3O. The fraction of sp³-hybridized carbons (Fsp3) is 0.188. The van der Waals surface area contributed by atoms with Crippen LogP contribution in [0.15, 0.2) is 46.9 Å². The van der Waals surface area contributed by atoms with Crippen molar-refractivity contribution in [3.63, 3.8) is 0 Å². The molecule has 0 aliphatic heterocycles. The number of carbonyl (C=O) groups excluding carboxylic acids is 1. The van der Waals surface area contributed by atoms with Crippen molar-refractivity contribution in [2.45, 2.75) is 19.9 Å². The maximum absolute atomic E-state index is 10.8. The highest BCUT2D eigenvalue weighted by atomic mass is 79.9. The maximum Gasteiger partial charge on any atom is 0.316 e. The Morgan fingerprint density at radius 3 is 2.48 bits per heavy atom. The van der Waals surface area contributed by atoms with E-state index in [4.69, 9.17) is 5.73 Å². The molecule has 1 unspecified atom stereocenters. The van der Waals surface area contributed by atoms with Crippen LogP contribution in [0.2, 0.25) is 0 Å². The second kappa shape index (κ2) is 6.63. The molecule has 2 rings (SSSR count). The number of halogens is 1. The lowest BCUT2D eigenvalue weighted by molar-refractivity contribution is 0.259. The molecule has 0 aromatic heterocycles. The Hall–Kier alpha value is -2.01. The molecule has 2 amide bonds. The van der Waals surface area contributed by atoms with Gasteiger partial charge in [-0.1, -0.05) is 18.2 Å². The van der Waals surface area contributed by atoms with Crippen LogP contribution in [0.5, 0.6) is 0 Å². The third-order valence-electron chi connectivity index (χ3n) is 3.17. The first kappa shape index (κ1) is 15.4. The number of urea groups is 1. The third-order valence-corrected chi connectivity index (χ3v) is 3.86. The molecule has 4 N–H and O–H groups in total. The lowest BCUT2D eigenvalue weighted by atomic mass is 10.1. The molecule has 0 radical (unpaired) electrons. The van der Waals surface area contributed by atoms with Crippen molar-refractivity contribution >= 4 is 33.3 Å². The number of rotatable bonds is 4. The van der Waals surface area contributed by atoms with Gasteiger partial charge in [0.1, 0.15) is 0 Å². The topological polar surface area (TPSA) is 67.2 Å². The van der Waals surface area contributed by atoms with Gasteiger partial charge in [-0.2, -0.15) is 0 Å². The molecule has 4 nitrogen and oxygen atoms in total. The summed E-state index contributed by atoms with van der Waals surface area (Å²) in [6.45, 7) is 4.15. The Balaban J connectivity index is 2.11. The van der Waals surface area contributed by atoms with Crippen LogP contribution < -0.4 is 16.4 Å². The van der Waals surface area contributed by atoms with Crippen LogP contribution in [0.3, 0.4) is 0 Å². The van der Waals surface area contributed by atoms with Crippen LogP contribution >= 0.6 is 15.9 Å². The number of benzene rings is 2. The molecule has 0 aliphatic carbocycles. The summed E-state index contributed by atoms with van der Waals surface area (Å²) in [7, 11) is 0. The Labute approximate surface area is 132 Å². The Morgan fingerprint density at radius 1 is 1.19 bits per heavy atom. The van der Waals surface area contributed by atoms with Gasteiger partial charge in [-0.05, 0) is 65.2 Å². The monoisotopic (exact) mass is 347 g/mol. The van der Waals surface area contributed by atoms with Gasteiger partial charge in [-0.15, -0.1) is 0 Å². The van der Waals surface area contributed by atoms with Crippen molar-refractivity contribution < 1.29 is 4.79 Å². The zero-order valence-electron chi connectivity index (χ0n) is 12.0. The number of aryl methyl sites for hydroxylation is 1. The first-order valence-corrected chi connectivity index (χ1v) is 7.44. The molecule has 0 fully saturated rings. The molecule has 0 bridgehead atoms. The van der Waals surface area contributed by atoms with Gasteiger partial charge in [0.25, 0.3) is 0 Å². The first-order chi connectivity index (χ1) is 9.95. The summed E-state index contributed by atoms with van der Waals surface area (Å²) in [6.07, 6.45) is 0. The van der Waals surface area contributed by atoms with Crippen molar-refractivity contribution in [1.82, 2.24) is 0 Å². The van der Waals surface area contributed by atoms with Crippen molar-refractivity contribution in [2.75, 3.05) is 10.6 Å². The fourth-order valence-electron chi connectivity index (χ4n) is 2.06. The van der Waals surface area contributed by atoms with Crippen LogP contribution in [0.1, 0.15) is 24.1 Å². The van der Waals surface area contributed by atoms with Crippen molar-refractivity contribution in [2.24, 2.45) is 5.73 Å². The number of nitrogens with one attached hydrogen (secondary N) is 2. The van der Waals surface area contributed by atoms with Gasteiger partial charge in [-0.3, -0.25) is 0 Å². The Kier molecular flexibility index (Phi) is 4.85. The quantitative estimate of drug-likeness (QED) is 0.766. The van der Waals surface area contributed by atoms with E-state index in [-0.39, 0.29) is 6.04 Å². The van der Waals surface area contributed by atoms with Gasteiger partial charge in [0.15, 0.2) is 0 Å². The van der Waals surface area contributed by atoms with E-state index in [1.165, 1.54) is 5.56 Å². The third kappa shape index (κ3) is 4.23. The SMILES string of the molecule is Cc1ccc(Br)c(NC(C)c2ccc(NC(N)=O)cc2)c1. The summed E-state index contributed by atoms with van der Waals surface area (Å²) in [5.74, 6) is 0. The number of primary amides is 1. The summed E-state index contributed by atoms with van der Waals surface area (Å²) < 4.78 is 1.03. The highest BCUT2D eigenvalue weighted by Gasteiger charge is 2.08. The molecule has 2 aromatic rings. The van der Waals surface area contributed by atoms with E-state index in [0.29, 0.717) is 5.69 Å². The van der Waals surface area contributed by atoms with Gasteiger partial charge < -0.3 is 16.4 Å². The second-order valence-electron chi connectivity index (χ2n) is 4.96. The maximum atomic E-state index is 10.8. The van der Waals surface area contributed by atoms with Crippen LogP contribution in [0, 0.1) is 6.92 Å². The molecule has 0 saturated carbocycles. The van der Waals surface area contributed by atoms with E-state index < -0.39 is 6.03 Å². The van der Waals surface area contributed by atoms with Crippen LogP contribution in [0.25, 0.3) is 0 Å². The van der Waals surface area contributed by atoms with Crippen LogP contribution in [0.4, 0.5) is 16.2 Å². The van der Waals surface area contributed by atoms with Gasteiger partial charge in [0, 0.05) is 21.9 Å². The molecular weight excluding hydrogens is 330 g/mol. The predicted molar refractivity (Wildman–Crippen MR) is 90.6 cm³/mol. The van der Waals surface area contributed by atoms with E-state index in [2.05, 4.69) is 52.5 Å². The minimum atomic E-state index is -0.558. The summed E-state index contributed by atoms with van der Waals surface area (Å²) in [6, 6.07) is 13.4. The molecule has 0 saturated heterocycles. The van der Waals surface area contributed by atoms with E-state index in [1.54, 1.807) is 0 Å².